The lowest BCUT2D eigenvalue weighted by atomic mass is 9.88. The fraction of sp³-hybridized carbons (Fsp3) is 0.233. The Balaban J connectivity index is 1.34. The standard InChI is InChI=1S/C43H44N4/c1-4-38(31-16-7-5-8-17-31)45-42(46-41(44)32-18-9-6-10-19-32)35-21-14-26-43(3,29-35)47-39-23-12-11-22-36(39)37-28-34(24-25-40(37)47)33-20-13-15-30(2)27-33/h5-25,28-30,38,41H,4,26-27,44H2,1-3H3,(H,45,46)/p+1. The summed E-state index contributed by atoms with van der Waals surface area (Å²) in [5, 5.41) is 6.46. The number of allylic oxidation sites excluding steroid dienone is 6. The minimum Gasteiger partial charge on any atom is -0.363 e. The van der Waals surface area contributed by atoms with E-state index in [1.165, 1.54) is 38.5 Å². The zero-order chi connectivity index (χ0) is 32.4. The molecule has 0 radical (unpaired) electrons. The molecule has 2 aliphatic rings. The number of aromatic nitrogens is 1. The number of aliphatic imine (C=N–C) groups is 1. The van der Waals surface area contributed by atoms with Gasteiger partial charge in [0.25, 0.3) is 0 Å². The molecule has 1 aromatic heterocycles. The van der Waals surface area contributed by atoms with Crippen LogP contribution in [0.25, 0.3) is 27.4 Å². The molecule has 4 aromatic carbocycles. The number of hydrogen-bond donors (Lipinski definition) is 2. The summed E-state index contributed by atoms with van der Waals surface area (Å²) in [5.41, 5.74) is 12.8. The molecule has 0 saturated heterocycles. The van der Waals surface area contributed by atoms with Gasteiger partial charge in [0.1, 0.15) is 5.84 Å². The van der Waals surface area contributed by atoms with Gasteiger partial charge in [-0.15, -0.1) is 0 Å². The molecule has 1 heterocycles. The molecule has 4 unspecified atom stereocenters. The van der Waals surface area contributed by atoms with Crippen molar-refractivity contribution in [2.24, 2.45) is 10.9 Å². The number of nitrogens with zero attached hydrogens (tertiary/aromatic N) is 2. The van der Waals surface area contributed by atoms with Gasteiger partial charge in [0, 0.05) is 32.9 Å². The van der Waals surface area contributed by atoms with Gasteiger partial charge >= 0.3 is 0 Å². The highest BCUT2D eigenvalue weighted by Gasteiger charge is 2.31. The molecule has 0 saturated carbocycles. The molecule has 7 rings (SSSR count). The number of para-hydroxylation sites is 1. The quantitative estimate of drug-likeness (QED) is 0.132. The average Bonchev–Trinajstić information content (AvgIpc) is 3.45. The first-order valence-electron chi connectivity index (χ1n) is 17.0. The summed E-state index contributed by atoms with van der Waals surface area (Å²) in [6, 6.07) is 37.1. The SMILES string of the molecule is CCC(NC(=NC([NH3+])c1ccccc1)C1=CC(C)(n2c3ccccc3c3cc(C4=CC=CC(C)C4)ccc32)CC=C1)c1ccccc1. The van der Waals surface area contributed by atoms with Gasteiger partial charge in [-0.3, -0.25) is 0 Å². The first kappa shape index (κ1) is 30.7. The Hall–Kier alpha value is -4.93. The number of benzene rings is 4. The van der Waals surface area contributed by atoms with Crippen LogP contribution in [0, 0.1) is 5.92 Å². The zero-order valence-electron chi connectivity index (χ0n) is 27.7. The van der Waals surface area contributed by atoms with Crippen LogP contribution in [0.4, 0.5) is 0 Å². The lowest BCUT2D eigenvalue weighted by Gasteiger charge is -2.33. The van der Waals surface area contributed by atoms with E-state index in [2.05, 4.69) is 170 Å². The molecule has 2 aliphatic carbocycles. The zero-order valence-corrected chi connectivity index (χ0v) is 27.7. The van der Waals surface area contributed by atoms with Crippen LogP contribution < -0.4 is 11.1 Å². The number of fused-ring (bicyclic) bond motifs is 3. The predicted octanol–water partition coefficient (Wildman–Crippen LogP) is 9.46. The Bertz CT molecular complexity index is 2040. The summed E-state index contributed by atoms with van der Waals surface area (Å²) in [6.07, 6.45) is 16.4. The summed E-state index contributed by atoms with van der Waals surface area (Å²) >= 11 is 0. The van der Waals surface area contributed by atoms with E-state index in [1.54, 1.807) is 0 Å². The van der Waals surface area contributed by atoms with Gasteiger partial charge in [-0.25, -0.2) is 4.99 Å². The van der Waals surface area contributed by atoms with Gasteiger partial charge in [0.05, 0.1) is 11.6 Å². The molecule has 4 heteroatoms. The molecule has 5 aromatic rings. The second-order valence-corrected chi connectivity index (χ2v) is 13.3. The molecule has 4 nitrogen and oxygen atoms in total. The van der Waals surface area contributed by atoms with E-state index >= 15 is 0 Å². The third-order valence-corrected chi connectivity index (χ3v) is 9.79. The summed E-state index contributed by atoms with van der Waals surface area (Å²) in [7, 11) is 0. The Morgan fingerprint density at radius 2 is 1.62 bits per heavy atom. The predicted molar refractivity (Wildman–Crippen MR) is 198 cm³/mol. The van der Waals surface area contributed by atoms with Crippen LogP contribution in [0.1, 0.15) is 68.9 Å². The van der Waals surface area contributed by atoms with Crippen molar-refractivity contribution in [3.05, 3.63) is 162 Å². The van der Waals surface area contributed by atoms with Crippen molar-refractivity contribution >= 4 is 33.2 Å². The Kier molecular flexibility index (Phi) is 8.53. The van der Waals surface area contributed by atoms with Gasteiger partial charge in [-0.2, -0.15) is 0 Å². The molecule has 4 N–H and O–H groups in total. The minimum atomic E-state index is -0.311. The van der Waals surface area contributed by atoms with Crippen LogP contribution in [0.15, 0.2) is 150 Å². The highest BCUT2D eigenvalue weighted by atomic mass is 15.1. The fourth-order valence-corrected chi connectivity index (χ4v) is 7.32. The Morgan fingerprint density at radius 1 is 0.915 bits per heavy atom. The topological polar surface area (TPSA) is 57.0 Å². The molecule has 0 aliphatic heterocycles. The summed E-state index contributed by atoms with van der Waals surface area (Å²) in [5.74, 6) is 1.43. The summed E-state index contributed by atoms with van der Waals surface area (Å²) in [4.78, 5) is 5.28. The third kappa shape index (κ3) is 6.14. The fourth-order valence-electron chi connectivity index (χ4n) is 7.32. The monoisotopic (exact) mass is 617 g/mol. The van der Waals surface area contributed by atoms with Gasteiger partial charge in [-0.1, -0.05) is 129 Å². The smallest absolute Gasteiger partial charge is 0.206 e. The van der Waals surface area contributed by atoms with Crippen molar-refractivity contribution < 1.29 is 5.73 Å². The Morgan fingerprint density at radius 3 is 2.36 bits per heavy atom. The van der Waals surface area contributed by atoms with Crippen LogP contribution in [0.2, 0.25) is 0 Å². The van der Waals surface area contributed by atoms with Crippen LogP contribution in [0.3, 0.4) is 0 Å². The van der Waals surface area contributed by atoms with E-state index in [9.17, 15) is 0 Å². The number of hydrogen-bond acceptors (Lipinski definition) is 1. The third-order valence-electron chi connectivity index (χ3n) is 9.79. The van der Waals surface area contributed by atoms with Crippen LogP contribution in [-0.4, -0.2) is 10.4 Å². The van der Waals surface area contributed by atoms with Crippen molar-refractivity contribution in [3.63, 3.8) is 0 Å². The van der Waals surface area contributed by atoms with E-state index in [-0.39, 0.29) is 17.7 Å². The van der Waals surface area contributed by atoms with Gasteiger partial charge in [0.2, 0.25) is 6.17 Å². The second-order valence-electron chi connectivity index (χ2n) is 13.3. The number of quaternary nitrogens is 1. The first-order chi connectivity index (χ1) is 22.9. The maximum Gasteiger partial charge on any atom is 0.206 e. The van der Waals surface area contributed by atoms with Crippen molar-refractivity contribution in [2.45, 2.75) is 57.8 Å². The molecule has 236 valence electrons. The Labute approximate surface area is 278 Å². The molecule has 0 amide bonds. The molecule has 0 spiro atoms. The second kappa shape index (κ2) is 13.1. The van der Waals surface area contributed by atoms with Crippen molar-refractivity contribution in [1.82, 2.24) is 9.88 Å². The van der Waals surface area contributed by atoms with E-state index in [0.717, 1.165) is 36.2 Å². The molecular formula is C43H45N4+. The van der Waals surface area contributed by atoms with Crippen molar-refractivity contribution in [3.8, 4) is 0 Å². The number of amidine groups is 1. The highest BCUT2D eigenvalue weighted by molar-refractivity contribution is 6.09. The van der Waals surface area contributed by atoms with Gasteiger partial charge < -0.3 is 15.6 Å². The van der Waals surface area contributed by atoms with Crippen LogP contribution in [-0.2, 0) is 5.54 Å². The van der Waals surface area contributed by atoms with Gasteiger partial charge in [-0.05, 0) is 73.1 Å². The minimum absolute atomic E-state index is 0.124. The summed E-state index contributed by atoms with van der Waals surface area (Å²) < 4.78 is 2.55. The maximum absolute atomic E-state index is 5.28. The largest absolute Gasteiger partial charge is 0.363 e. The van der Waals surface area contributed by atoms with Gasteiger partial charge in [0.15, 0.2) is 0 Å². The average molecular weight is 618 g/mol. The normalized spacial score (nSPS) is 21.0. The van der Waals surface area contributed by atoms with E-state index < -0.39 is 0 Å². The molecule has 0 fully saturated rings. The number of nitrogens with one attached hydrogen (secondary N) is 1. The maximum atomic E-state index is 5.28. The molecule has 47 heavy (non-hydrogen) atoms. The molecule has 4 atom stereocenters. The molecule has 0 bridgehead atoms. The van der Waals surface area contributed by atoms with Crippen molar-refractivity contribution in [1.29, 1.82) is 0 Å². The highest BCUT2D eigenvalue weighted by Crippen LogP contribution is 2.40. The summed E-state index contributed by atoms with van der Waals surface area (Å²) in [6.45, 7) is 6.88. The van der Waals surface area contributed by atoms with Crippen LogP contribution >= 0.6 is 0 Å². The van der Waals surface area contributed by atoms with E-state index in [4.69, 9.17) is 4.99 Å². The van der Waals surface area contributed by atoms with E-state index in [1.807, 2.05) is 6.07 Å². The van der Waals surface area contributed by atoms with Crippen molar-refractivity contribution in [2.75, 3.05) is 0 Å². The first-order valence-corrected chi connectivity index (χ1v) is 17.0. The molecular weight excluding hydrogens is 573 g/mol. The lowest BCUT2D eigenvalue weighted by Crippen LogP contribution is -2.53. The lowest BCUT2D eigenvalue weighted by molar-refractivity contribution is -0.423. The number of rotatable bonds is 8. The van der Waals surface area contributed by atoms with Crippen LogP contribution in [0.5, 0.6) is 0 Å². The van der Waals surface area contributed by atoms with E-state index in [0.29, 0.717) is 5.92 Å².